The average Bonchev–Trinajstić information content (AvgIpc) is 3.21. The highest BCUT2D eigenvalue weighted by Gasteiger charge is 2.30. The molecule has 1 amide bonds. The van der Waals surface area contributed by atoms with Crippen molar-refractivity contribution in [3.63, 3.8) is 0 Å². The number of likely N-dealkylation sites (tertiary alicyclic amines) is 1. The number of furan rings is 1. The first-order valence-corrected chi connectivity index (χ1v) is 8.32. The molecule has 0 radical (unpaired) electrons. The van der Waals surface area contributed by atoms with Gasteiger partial charge in [-0.3, -0.25) is 4.79 Å². The molecule has 3 rings (SSSR count). The molecule has 1 aliphatic rings. The normalized spacial score (nSPS) is 18.1. The summed E-state index contributed by atoms with van der Waals surface area (Å²) in [5.74, 6) is 2.75. The van der Waals surface area contributed by atoms with E-state index in [-0.39, 0.29) is 11.8 Å². The van der Waals surface area contributed by atoms with Crippen LogP contribution in [-0.4, -0.2) is 41.1 Å². The van der Waals surface area contributed by atoms with Gasteiger partial charge in [0.15, 0.2) is 5.82 Å². The van der Waals surface area contributed by atoms with Crippen molar-refractivity contribution in [2.75, 3.05) is 20.2 Å². The zero-order chi connectivity index (χ0) is 17.1. The molecule has 0 spiro atoms. The summed E-state index contributed by atoms with van der Waals surface area (Å²) in [6.45, 7) is 5.48. The molecule has 1 saturated heterocycles. The molecule has 0 aliphatic carbocycles. The maximum absolute atomic E-state index is 12.8. The molecular weight excluding hydrogens is 310 g/mol. The highest BCUT2D eigenvalue weighted by atomic mass is 16.5. The summed E-state index contributed by atoms with van der Waals surface area (Å²) in [6.07, 6.45) is 2.61. The van der Waals surface area contributed by atoms with Crippen LogP contribution < -0.4 is 0 Å². The van der Waals surface area contributed by atoms with Crippen LogP contribution in [0.2, 0.25) is 0 Å². The van der Waals surface area contributed by atoms with E-state index in [2.05, 4.69) is 10.1 Å². The fourth-order valence-electron chi connectivity index (χ4n) is 3.09. The number of carbonyl (C=O) groups excluding carboxylic acids is 1. The van der Waals surface area contributed by atoms with E-state index in [9.17, 15) is 4.79 Å². The molecule has 7 heteroatoms. The van der Waals surface area contributed by atoms with Gasteiger partial charge in [0, 0.05) is 32.5 Å². The minimum atomic E-state index is -0.0116. The molecule has 2 aromatic heterocycles. The van der Waals surface area contributed by atoms with Crippen LogP contribution in [0.1, 0.15) is 59.3 Å². The number of piperidine rings is 1. The van der Waals surface area contributed by atoms with Crippen molar-refractivity contribution < 1.29 is 18.5 Å². The number of rotatable bonds is 5. The fourth-order valence-corrected chi connectivity index (χ4v) is 3.09. The molecule has 0 aromatic carbocycles. The van der Waals surface area contributed by atoms with E-state index in [4.69, 9.17) is 13.7 Å². The number of hydrogen-bond acceptors (Lipinski definition) is 6. The second kappa shape index (κ2) is 7.17. The Bertz CT molecular complexity index is 707. The molecule has 24 heavy (non-hydrogen) atoms. The highest BCUT2D eigenvalue weighted by molar-refractivity contribution is 5.95. The topological polar surface area (TPSA) is 81.6 Å². The smallest absolute Gasteiger partial charge is 0.257 e. The lowest BCUT2D eigenvalue weighted by Gasteiger charge is -2.31. The van der Waals surface area contributed by atoms with Gasteiger partial charge in [0.25, 0.3) is 5.91 Å². The van der Waals surface area contributed by atoms with Gasteiger partial charge in [-0.25, -0.2) is 0 Å². The van der Waals surface area contributed by atoms with Crippen molar-refractivity contribution in [1.29, 1.82) is 0 Å². The van der Waals surface area contributed by atoms with Crippen LogP contribution in [-0.2, 0) is 17.8 Å². The van der Waals surface area contributed by atoms with Crippen LogP contribution in [0.3, 0.4) is 0 Å². The standard InChI is InChI=1S/C17H23N3O4/c1-4-15-18-16(19-24-15)12-6-5-7-20(9-12)17(21)14-8-13(10-22-3)23-11(14)2/h8,12H,4-7,9-10H2,1-3H3/t12-/m0/s1. The summed E-state index contributed by atoms with van der Waals surface area (Å²) >= 11 is 0. The summed E-state index contributed by atoms with van der Waals surface area (Å²) < 4.78 is 15.9. The molecule has 1 aliphatic heterocycles. The molecule has 7 nitrogen and oxygen atoms in total. The van der Waals surface area contributed by atoms with Crippen molar-refractivity contribution in [2.24, 2.45) is 0 Å². The number of aromatic nitrogens is 2. The number of aryl methyl sites for hydroxylation is 2. The molecule has 0 unspecified atom stereocenters. The van der Waals surface area contributed by atoms with E-state index in [0.29, 0.717) is 42.0 Å². The molecule has 0 N–H and O–H groups in total. The van der Waals surface area contributed by atoms with Crippen LogP contribution in [0.5, 0.6) is 0 Å². The third-order valence-corrected chi connectivity index (χ3v) is 4.35. The third kappa shape index (κ3) is 3.36. The van der Waals surface area contributed by atoms with Gasteiger partial charge in [-0.2, -0.15) is 4.98 Å². The molecule has 1 atom stereocenters. The van der Waals surface area contributed by atoms with E-state index >= 15 is 0 Å². The average molecular weight is 333 g/mol. The van der Waals surface area contributed by atoms with Crippen molar-refractivity contribution >= 4 is 5.91 Å². The summed E-state index contributed by atoms with van der Waals surface area (Å²) in [7, 11) is 1.60. The second-order valence-electron chi connectivity index (χ2n) is 6.11. The van der Waals surface area contributed by atoms with Gasteiger partial charge in [0.1, 0.15) is 18.1 Å². The second-order valence-corrected chi connectivity index (χ2v) is 6.11. The van der Waals surface area contributed by atoms with Gasteiger partial charge in [-0.1, -0.05) is 12.1 Å². The Hall–Kier alpha value is -2.15. The summed E-state index contributed by atoms with van der Waals surface area (Å²) in [4.78, 5) is 19.1. The van der Waals surface area contributed by atoms with Crippen molar-refractivity contribution in [3.05, 3.63) is 34.9 Å². The van der Waals surface area contributed by atoms with Crippen molar-refractivity contribution in [3.8, 4) is 0 Å². The molecule has 0 bridgehead atoms. The molecule has 130 valence electrons. The Kier molecular flexibility index (Phi) is 4.99. The number of carbonyl (C=O) groups is 1. The predicted octanol–water partition coefficient (Wildman–Crippen LogP) is 2.70. The van der Waals surface area contributed by atoms with E-state index in [1.807, 2.05) is 11.8 Å². The van der Waals surface area contributed by atoms with Crippen LogP contribution in [0, 0.1) is 6.92 Å². The Morgan fingerprint density at radius 2 is 2.33 bits per heavy atom. The maximum atomic E-state index is 12.8. The van der Waals surface area contributed by atoms with Crippen molar-refractivity contribution in [2.45, 2.75) is 45.6 Å². The van der Waals surface area contributed by atoms with Gasteiger partial charge in [0.05, 0.1) is 5.56 Å². The Balaban J connectivity index is 1.73. The fraction of sp³-hybridized carbons (Fsp3) is 0.588. The number of methoxy groups -OCH3 is 1. The first-order chi connectivity index (χ1) is 11.6. The maximum Gasteiger partial charge on any atom is 0.257 e. The monoisotopic (exact) mass is 333 g/mol. The Morgan fingerprint density at radius 1 is 1.50 bits per heavy atom. The van der Waals surface area contributed by atoms with Crippen LogP contribution in [0.4, 0.5) is 0 Å². The SMILES string of the molecule is CCc1nc([C@H]2CCCN(C(=O)c3cc(COC)oc3C)C2)no1. The number of ether oxygens (including phenoxy) is 1. The lowest BCUT2D eigenvalue weighted by molar-refractivity contribution is 0.0702. The molecule has 0 saturated carbocycles. The van der Waals surface area contributed by atoms with E-state index in [1.54, 1.807) is 20.1 Å². The van der Waals surface area contributed by atoms with Gasteiger partial charge in [-0.15, -0.1) is 0 Å². The molecule has 3 heterocycles. The van der Waals surface area contributed by atoms with Crippen LogP contribution >= 0.6 is 0 Å². The largest absolute Gasteiger partial charge is 0.463 e. The van der Waals surface area contributed by atoms with Crippen LogP contribution in [0.25, 0.3) is 0 Å². The minimum Gasteiger partial charge on any atom is -0.463 e. The molecule has 1 fully saturated rings. The predicted molar refractivity (Wildman–Crippen MR) is 85.7 cm³/mol. The van der Waals surface area contributed by atoms with Gasteiger partial charge in [-0.05, 0) is 25.8 Å². The number of nitrogens with zero attached hydrogens (tertiary/aromatic N) is 3. The van der Waals surface area contributed by atoms with E-state index in [0.717, 1.165) is 25.8 Å². The lowest BCUT2D eigenvalue weighted by atomic mass is 9.96. The summed E-state index contributed by atoms with van der Waals surface area (Å²) in [6, 6.07) is 1.77. The van der Waals surface area contributed by atoms with Gasteiger partial charge in [0.2, 0.25) is 5.89 Å². The first-order valence-electron chi connectivity index (χ1n) is 8.32. The summed E-state index contributed by atoms with van der Waals surface area (Å²) in [5.41, 5.74) is 0.602. The lowest BCUT2D eigenvalue weighted by Crippen LogP contribution is -2.39. The number of amides is 1. The third-order valence-electron chi connectivity index (χ3n) is 4.35. The Labute approximate surface area is 141 Å². The zero-order valence-corrected chi connectivity index (χ0v) is 14.4. The first kappa shape index (κ1) is 16.7. The van der Waals surface area contributed by atoms with Gasteiger partial charge < -0.3 is 18.6 Å². The van der Waals surface area contributed by atoms with E-state index in [1.165, 1.54) is 0 Å². The Morgan fingerprint density at radius 3 is 3.04 bits per heavy atom. The van der Waals surface area contributed by atoms with E-state index < -0.39 is 0 Å². The zero-order valence-electron chi connectivity index (χ0n) is 14.4. The van der Waals surface area contributed by atoms with Gasteiger partial charge >= 0.3 is 0 Å². The van der Waals surface area contributed by atoms with Crippen LogP contribution in [0.15, 0.2) is 15.0 Å². The minimum absolute atomic E-state index is 0.0116. The molecule has 2 aromatic rings. The number of hydrogen-bond donors (Lipinski definition) is 0. The van der Waals surface area contributed by atoms with Crippen molar-refractivity contribution in [1.82, 2.24) is 15.0 Å². The quantitative estimate of drug-likeness (QED) is 0.837. The molecular formula is C17H23N3O4. The summed E-state index contributed by atoms with van der Waals surface area (Å²) in [5, 5.41) is 4.06. The highest BCUT2D eigenvalue weighted by Crippen LogP contribution is 2.27.